The SMILES string of the molecule is CC(C)[C@@H](C)C=C[C@@H](C)[C@H]1CC[C@@]2(O)C3=CC(=O)C4(O)CC(O)CC[C@]4(C)[C@@]3(O)CC[C@]12C. The van der Waals surface area contributed by atoms with Crippen molar-refractivity contribution in [3.8, 4) is 0 Å². The molecular weight excluding hydrogens is 416 g/mol. The van der Waals surface area contributed by atoms with E-state index >= 15 is 0 Å². The van der Waals surface area contributed by atoms with Gasteiger partial charge in [-0.2, -0.15) is 0 Å². The summed E-state index contributed by atoms with van der Waals surface area (Å²) in [4.78, 5) is 13.3. The van der Waals surface area contributed by atoms with Gasteiger partial charge in [-0.1, -0.05) is 53.7 Å². The quantitative estimate of drug-likeness (QED) is 0.477. The van der Waals surface area contributed by atoms with E-state index in [2.05, 4.69) is 46.8 Å². The molecule has 4 N–H and O–H groups in total. The average molecular weight is 461 g/mol. The number of carbonyl (C=O) groups excluding carboxylic acids is 1. The lowest BCUT2D eigenvalue weighted by Crippen LogP contribution is -2.74. The molecule has 9 atom stereocenters. The number of rotatable bonds is 4. The number of carbonyl (C=O) groups is 1. The Morgan fingerprint density at radius 1 is 0.909 bits per heavy atom. The summed E-state index contributed by atoms with van der Waals surface area (Å²) < 4.78 is 0. The molecule has 33 heavy (non-hydrogen) atoms. The highest BCUT2D eigenvalue weighted by Crippen LogP contribution is 2.70. The van der Waals surface area contributed by atoms with E-state index < -0.39 is 39.5 Å². The molecule has 186 valence electrons. The lowest BCUT2D eigenvalue weighted by molar-refractivity contribution is -0.237. The van der Waals surface area contributed by atoms with Gasteiger partial charge in [-0.15, -0.1) is 0 Å². The van der Waals surface area contributed by atoms with Crippen LogP contribution in [0.15, 0.2) is 23.8 Å². The first-order valence-corrected chi connectivity index (χ1v) is 13.0. The Balaban J connectivity index is 1.73. The predicted molar refractivity (Wildman–Crippen MR) is 128 cm³/mol. The number of hydrogen-bond donors (Lipinski definition) is 4. The van der Waals surface area contributed by atoms with E-state index in [1.54, 1.807) is 6.92 Å². The number of hydrogen-bond acceptors (Lipinski definition) is 5. The first kappa shape index (κ1) is 25.1. The second-order valence-electron chi connectivity index (χ2n) is 12.6. The van der Waals surface area contributed by atoms with Gasteiger partial charge in [0.15, 0.2) is 5.78 Å². The van der Waals surface area contributed by atoms with Crippen LogP contribution in [0.25, 0.3) is 0 Å². The summed E-state index contributed by atoms with van der Waals surface area (Å²) in [6, 6.07) is 0. The predicted octanol–water partition coefficient (Wildman–Crippen LogP) is 3.93. The topological polar surface area (TPSA) is 98.0 Å². The van der Waals surface area contributed by atoms with Crippen LogP contribution in [0, 0.1) is 34.5 Å². The lowest BCUT2D eigenvalue weighted by atomic mass is 9.42. The van der Waals surface area contributed by atoms with Gasteiger partial charge in [-0.25, -0.2) is 0 Å². The van der Waals surface area contributed by atoms with E-state index in [0.717, 1.165) is 6.42 Å². The third kappa shape index (κ3) is 3.15. The fraction of sp³-hybridized carbons (Fsp3) is 0.821. The summed E-state index contributed by atoms with van der Waals surface area (Å²) in [5, 5.41) is 46.1. The summed E-state index contributed by atoms with van der Waals surface area (Å²) in [5.74, 6) is 1.08. The zero-order valence-corrected chi connectivity index (χ0v) is 21.3. The van der Waals surface area contributed by atoms with Crippen molar-refractivity contribution in [2.24, 2.45) is 34.5 Å². The van der Waals surface area contributed by atoms with Gasteiger partial charge < -0.3 is 20.4 Å². The molecule has 0 amide bonds. The van der Waals surface area contributed by atoms with Gasteiger partial charge in [0.2, 0.25) is 0 Å². The Bertz CT molecular complexity index is 878. The largest absolute Gasteiger partial charge is 0.393 e. The number of allylic oxidation sites excluding steroid dienone is 2. The standard InChI is InChI=1S/C28H44O5/c1-17(2)18(3)7-8-19(4)21-10-12-26(31)22-15-23(30)28(33)16-20(29)9-11-25(28,6)27(22,32)14-13-24(21,26)5/h7-8,15,17-21,29,31-33H,9-14,16H2,1-6H3/t18-,19+,20?,21+,24+,25+,26+,27+,28?/m0/s1. The van der Waals surface area contributed by atoms with Gasteiger partial charge in [-0.3, -0.25) is 4.79 Å². The third-order valence-electron chi connectivity index (χ3n) is 10.9. The summed E-state index contributed by atoms with van der Waals surface area (Å²) in [6.07, 6.45) is 8.21. The van der Waals surface area contributed by atoms with E-state index in [-0.39, 0.29) is 18.3 Å². The van der Waals surface area contributed by atoms with Crippen LogP contribution in [-0.4, -0.2) is 49.1 Å². The molecule has 0 saturated heterocycles. The number of fused-ring (bicyclic) bond motifs is 5. The summed E-state index contributed by atoms with van der Waals surface area (Å²) in [5.41, 5.74) is -5.75. The lowest BCUT2D eigenvalue weighted by Gasteiger charge is -2.65. The van der Waals surface area contributed by atoms with Gasteiger partial charge in [0.25, 0.3) is 0 Å². The van der Waals surface area contributed by atoms with Crippen LogP contribution in [0.2, 0.25) is 0 Å². The van der Waals surface area contributed by atoms with Crippen LogP contribution in [0.1, 0.15) is 86.5 Å². The van der Waals surface area contributed by atoms with Crippen LogP contribution in [0.3, 0.4) is 0 Å². The van der Waals surface area contributed by atoms with Crippen molar-refractivity contribution in [1.29, 1.82) is 0 Å². The van der Waals surface area contributed by atoms with E-state index in [1.165, 1.54) is 6.08 Å². The minimum Gasteiger partial charge on any atom is -0.393 e. The highest BCUT2D eigenvalue weighted by molar-refractivity contribution is 6.00. The minimum absolute atomic E-state index is 0.0669. The molecule has 5 heteroatoms. The molecule has 3 fully saturated rings. The third-order valence-corrected chi connectivity index (χ3v) is 10.9. The first-order valence-electron chi connectivity index (χ1n) is 13.0. The molecule has 5 nitrogen and oxygen atoms in total. The molecule has 2 unspecified atom stereocenters. The van der Waals surface area contributed by atoms with Gasteiger partial charge in [0, 0.05) is 17.3 Å². The van der Waals surface area contributed by atoms with Gasteiger partial charge in [0.1, 0.15) is 5.60 Å². The van der Waals surface area contributed by atoms with Crippen molar-refractivity contribution in [3.63, 3.8) is 0 Å². The number of aliphatic hydroxyl groups is 4. The zero-order valence-electron chi connectivity index (χ0n) is 21.3. The van der Waals surface area contributed by atoms with Crippen LogP contribution in [-0.2, 0) is 4.79 Å². The summed E-state index contributed by atoms with van der Waals surface area (Å²) in [7, 11) is 0. The monoisotopic (exact) mass is 460 g/mol. The molecule has 0 aliphatic heterocycles. The Morgan fingerprint density at radius 3 is 2.21 bits per heavy atom. The molecule has 0 aromatic rings. The van der Waals surface area contributed by atoms with Crippen molar-refractivity contribution in [2.45, 2.75) is 109 Å². The van der Waals surface area contributed by atoms with Crippen molar-refractivity contribution >= 4 is 5.78 Å². The molecule has 3 saturated carbocycles. The van der Waals surface area contributed by atoms with E-state index in [4.69, 9.17) is 0 Å². The maximum absolute atomic E-state index is 13.3. The zero-order chi connectivity index (χ0) is 24.6. The maximum atomic E-state index is 13.3. The van der Waals surface area contributed by atoms with E-state index in [9.17, 15) is 25.2 Å². The Morgan fingerprint density at radius 2 is 1.58 bits per heavy atom. The van der Waals surface area contributed by atoms with E-state index in [1.807, 2.05) is 0 Å². The van der Waals surface area contributed by atoms with Crippen molar-refractivity contribution in [3.05, 3.63) is 23.8 Å². The molecule has 0 spiro atoms. The Labute approximate surface area is 199 Å². The van der Waals surface area contributed by atoms with Crippen molar-refractivity contribution in [2.75, 3.05) is 0 Å². The number of aliphatic hydroxyl groups excluding tert-OH is 1. The van der Waals surface area contributed by atoms with Gasteiger partial charge in [-0.05, 0) is 73.8 Å². The van der Waals surface area contributed by atoms with Crippen molar-refractivity contribution < 1.29 is 25.2 Å². The average Bonchev–Trinajstić information content (AvgIpc) is 3.02. The highest BCUT2D eigenvalue weighted by atomic mass is 16.3. The fourth-order valence-corrected chi connectivity index (χ4v) is 7.89. The van der Waals surface area contributed by atoms with Crippen LogP contribution in [0.5, 0.6) is 0 Å². The van der Waals surface area contributed by atoms with Gasteiger partial charge in [0.05, 0.1) is 17.3 Å². The second kappa shape index (κ2) is 7.74. The fourth-order valence-electron chi connectivity index (χ4n) is 7.89. The van der Waals surface area contributed by atoms with Crippen LogP contribution in [0.4, 0.5) is 0 Å². The first-order chi connectivity index (χ1) is 15.2. The van der Waals surface area contributed by atoms with Crippen molar-refractivity contribution in [1.82, 2.24) is 0 Å². The molecule has 0 aromatic heterocycles. The smallest absolute Gasteiger partial charge is 0.188 e. The molecule has 0 aromatic carbocycles. The molecule has 4 aliphatic rings. The van der Waals surface area contributed by atoms with Crippen LogP contribution >= 0.6 is 0 Å². The summed E-state index contributed by atoms with van der Waals surface area (Å²) >= 11 is 0. The molecule has 4 aliphatic carbocycles. The highest BCUT2D eigenvalue weighted by Gasteiger charge is 2.74. The van der Waals surface area contributed by atoms with Gasteiger partial charge >= 0.3 is 0 Å². The molecule has 0 heterocycles. The van der Waals surface area contributed by atoms with E-state index in [0.29, 0.717) is 49.5 Å². The Kier molecular flexibility index (Phi) is 5.89. The minimum atomic E-state index is -1.81. The molecule has 0 bridgehead atoms. The maximum Gasteiger partial charge on any atom is 0.188 e. The number of ketones is 1. The molecular formula is C28H44O5. The van der Waals surface area contributed by atoms with Crippen LogP contribution < -0.4 is 0 Å². The second-order valence-corrected chi connectivity index (χ2v) is 12.6. The molecule has 0 radical (unpaired) electrons. The Hall–Kier alpha value is -1.01. The normalized spacial score (nSPS) is 49.4. The molecule has 4 rings (SSSR count). The summed E-state index contributed by atoms with van der Waals surface area (Å²) in [6.45, 7) is 12.8.